The second-order valence-corrected chi connectivity index (χ2v) is 4.84. The number of aryl methyl sites for hydroxylation is 2. The van der Waals surface area contributed by atoms with E-state index in [2.05, 4.69) is 11.9 Å². The predicted molar refractivity (Wildman–Crippen MR) is 76.6 cm³/mol. The molecule has 2 rings (SSSR count). The van der Waals surface area contributed by atoms with E-state index in [4.69, 9.17) is 28.6 Å². The monoisotopic (exact) mass is 282 g/mol. The molecular weight excluding hydrogens is 268 g/mol. The molecule has 3 nitrogen and oxygen atoms in total. The standard InChI is InChI=1S/C13H15ClN2OS/c1-4-9-7-15-13(18)16(9)11-5-8(2)10(14)6-12(11)17-3/h5-7H,4H2,1-3H3,(H,15,18). The molecule has 0 aliphatic carbocycles. The first-order valence-electron chi connectivity index (χ1n) is 5.72. The van der Waals surface area contributed by atoms with Crippen LogP contribution in [0.5, 0.6) is 5.75 Å². The summed E-state index contributed by atoms with van der Waals surface area (Å²) < 4.78 is 8.04. The third-order valence-electron chi connectivity index (χ3n) is 2.92. The number of ether oxygens (including phenoxy) is 1. The van der Waals surface area contributed by atoms with E-state index in [0.717, 1.165) is 29.1 Å². The Kier molecular flexibility index (Phi) is 3.78. The zero-order valence-electron chi connectivity index (χ0n) is 10.6. The van der Waals surface area contributed by atoms with Crippen LogP contribution in [0.1, 0.15) is 18.2 Å². The Morgan fingerprint density at radius 2 is 2.17 bits per heavy atom. The second kappa shape index (κ2) is 5.16. The van der Waals surface area contributed by atoms with Gasteiger partial charge in [0.1, 0.15) is 5.75 Å². The Balaban J connectivity index is 2.73. The minimum absolute atomic E-state index is 0.659. The van der Waals surface area contributed by atoms with Crippen LogP contribution in [0.25, 0.3) is 5.69 Å². The quantitative estimate of drug-likeness (QED) is 0.860. The topological polar surface area (TPSA) is 29.9 Å². The van der Waals surface area contributed by atoms with Crippen LogP contribution in [0.2, 0.25) is 5.02 Å². The van der Waals surface area contributed by atoms with E-state index in [0.29, 0.717) is 9.79 Å². The first kappa shape index (κ1) is 13.2. The summed E-state index contributed by atoms with van der Waals surface area (Å²) in [5, 5.41) is 0.690. The van der Waals surface area contributed by atoms with Gasteiger partial charge in [0.15, 0.2) is 4.77 Å². The van der Waals surface area contributed by atoms with Crippen LogP contribution in [0, 0.1) is 11.7 Å². The molecule has 0 aliphatic heterocycles. The van der Waals surface area contributed by atoms with Gasteiger partial charge in [0.2, 0.25) is 0 Å². The number of benzene rings is 1. The van der Waals surface area contributed by atoms with Gasteiger partial charge in [-0.1, -0.05) is 18.5 Å². The average Bonchev–Trinajstić information content (AvgIpc) is 2.73. The van der Waals surface area contributed by atoms with Crippen molar-refractivity contribution in [3.8, 4) is 11.4 Å². The van der Waals surface area contributed by atoms with Crippen molar-refractivity contribution in [1.29, 1.82) is 0 Å². The van der Waals surface area contributed by atoms with Crippen LogP contribution < -0.4 is 4.74 Å². The molecule has 1 N–H and O–H groups in total. The lowest BCUT2D eigenvalue weighted by molar-refractivity contribution is 0.412. The number of H-pyrrole nitrogens is 1. The number of hydrogen-bond acceptors (Lipinski definition) is 2. The van der Waals surface area contributed by atoms with Crippen molar-refractivity contribution in [2.45, 2.75) is 20.3 Å². The van der Waals surface area contributed by atoms with E-state index >= 15 is 0 Å². The molecule has 2 aromatic rings. The van der Waals surface area contributed by atoms with E-state index in [9.17, 15) is 0 Å². The number of hydrogen-bond donors (Lipinski definition) is 1. The molecule has 0 aliphatic rings. The van der Waals surface area contributed by atoms with E-state index < -0.39 is 0 Å². The highest BCUT2D eigenvalue weighted by Gasteiger charge is 2.12. The number of nitrogens with one attached hydrogen (secondary N) is 1. The smallest absolute Gasteiger partial charge is 0.182 e. The highest BCUT2D eigenvalue weighted by molar-refractivity contribution is 7.71. The Morgan fingerprint density at radius 3 is 2.78 bits per heavy atom. The summed E-state index contributed by atoms with van der Waals surface area (Å²) in [6, 6.07) is 3.81. The van der Waals surface area contributed by atoms with E-state index in [1.807, 2.05) is 29.8 Å². The maximum atomic E-state index is 6.12. The number of halogens is 1. The Labute approximate surface area is 116 Å². The summed E-state index contributed by atoms with van der Waals surface area (Å²) in [5.41, 5.74) is 3.03. The fraction of sp³-hybridized carbons (Fsp3) is 0.308. The van der Waals surface area contributed by atoms with Crippen LogP contribution in [0.15, 0.2) is 18.3 Å². The normalized spacial score (nSPS) is 10.7. The molecule has 0 bridgehead atoms. The number of rotatable bonds is 3. The molecule has 0 spiro atoms. The van der Waals surface area contributed by atoms with E-state index in [-0.39, 0.29) is 0 Å². The number of nitrogens with zero attached hydrogens (tertiary/aromatic N) is 1. The first-order valence-corrected chi connectivity index (χ1v) is 6.51. The molecule has 1 aromatic carbocycles. The third kappa shape index (κ3) is 2.18. The van der Waals surface area contributed by atoms with Gasteiger partial charge in [-0.3, -0.25) is 4.57 Å². The fourth-order valence-electron chi connectivity index (χ4n) is 1.92. The van der Waals surface area contributed by atoms with Crippen molar-refractivity contribution in [1.82, 2.24) is 9.55 Å². The van der Waals surface area contributed by atoms with Crippen molar-refractivity contribution in [2.75, 3.05) is 7.11 Å². The lowest BCUT2D eigenvalue weighted by Crippen LogP contribution is -2.02. The largest absolute Gasteiger partial charge is 0.495 e. The summed E-state index contributed by atoms with van der Waals surface area (Å²) in [4.78, 5) is 3.06. The first-order chi connectivity index (χ1) is 8.58. The molecule has 0 fully saturated rings. The third-order valence-corrected chi connectivity index (χ3v) is 3.62. The SMILES string of the molecule is CCc1c[nH]c(=S)n1-c1cc(C)c(Cl)cc1OC. The number of aromatic amines is 1. The minimum Gasteiger partial charge on any atom is -0.495 e. The van der Waals surface area contributed by atoms with Gasteiger partial charge in [-0.15, -0.1) is 0 Å². The van der Waals surface area contributed by atoms with E-state index in [1.165, 1.54) is 0 Å². The molecule has 0 atom stereocenters. The molecule has 0 amide bonds. The molecule has 0 saturated heterocycles. The lowest BCUT2D eigenvalue weighted by atomic mass is 10.2. The highest BCUT2D eigenvalue weighted by Crippen LogP contribution is 2.30. The van der Waals surface area contributed by atoms with Gasteiger partial charge in [0, 0.05) is 23.0 Å². The Morgan fingerprint density at radius 1 is 1.44 bits per heavy atom. The minimum atomic E-state index is 0.659. The summed E-state index contributed by atoms with van der Waals surface area (Å²) in [6.07, 6.45) is 2.81. The molecular formula is C13H15ClN2OS. The summed E-state index contributed by atoms with van der Waals surface area (Å²) in [5.74, 6) is 0.719. The fourth-order valence-corrected chi connectivity index (χ4v) is 2.34. The van der Waals surface area contributed by atoms with Crippen molar-refractivity contribution >= 4 is 23.8 Å². The zero-order chi connectivity index (χ0) is 13.3. The van der Waals surface area contributed by atoms with Gasteiger partial charge in [-0.05, 0) is 37.2 Å². The maximum Gasteiger partial charge on any atom is 0.182 e. The molecule has 0 saturated carbocycles. The van der Waals surface area contributed by atoms with Crippen molar-refractivity contribution in [2.24, 2.45) is 0 Å². The molecule has 1 heterocycles. The molecule has 0 unspecified atom stereocenters. The van der Waals surface area contributed by atoms with Crippen LogP contribution in [0.3, 0.4) is 0 Å². The maximum absolute atomic E-state index is 6.12. The Bertz CT molecular complexity index is 630. The number of methoxy groups -OCH3 is 1. The van der Waals surface area contributed by atoms with Crippen LogP contribution >= 0.6 is 23.8 Å². The molecule has 5 heteroatoms. The van der Waals surface area contributed by atoms with Gasteiger partial charge in [0.05, 0.1) is 12.8 Å². The molecule has 96 valence electrons. The van der Waals surface area contributed by atoms with Crippen molar-refractivity contribution in [3.63, 3.8) is 0 Å². The van der Waals surface area contributed by atoms with Crippen LogP contribution in [-0.2, 0) is 6.42 Å². The van der Waals surface area contributed by atoms with Gasteiger partial charge in [-0.2, -0.15) is 0 Å². The highest BCUT2D eigenvalue weighted by atomic mass is 35.5. The van der Waals surface area contributed by atoms with Gasteiger partial charge in [0.25, 0.3) is 0 Å². The predicted octanol–water partition coefficient (Wildman–Crippen LogP) is 4.07. The number of imidazole rings is 1. The summed E-state index contributed by atoms with van der Waals surface area (Å²) >= 11 is 11.4. The van der Waals surface area contributed by atoms with Crippen LogP contribution in [0.4, 0.5) is 0 Å². The Hall–Kier alpha value is -1.26. The van der Waals surface area contributed by atoms with Crippen molar-refractivity contribution in [3.05, 3.63) is 39.4 Å². The van der Waals surface area contributed by atoms with Gasteiger partial charge >= 0.3 is 0 Å². The molecule has 0 radical (unpaired) electrons. The lowest BCUT2D eigenvalue weighted by Gasteiger charge is -2.13. The molecule has 18 heavy (non-hydrogen) atoms. The van der Waals surface area contributed by atoms with Crippen molar-refractivity contribution < 1.29 is 4.74 Å². The van der Waals surface area contributed by atoms with Gasteiger partial charge < -0.3 is 9.72 Å². The summed E-state index contributed by atoms with van der Waals surface area (Å²) in [7, 11) is 1.63. The second-order valence-electron chi connectivity index (χ2n) is 4.05. The average molecular weight is 283 g/mol. The summed E-state index contributed by atoms with van der Waals surface area (Å²) in [6.45, 7) is 4.05. The van der Waals surface area contributed by atoms with Gasteiger partial charge in [-0.25, -0.2) is 0 Å². The van der Waals surface area contributed by atoms with Crippen LogP contribution in [-0.4, -0.2) is 16.7 Å². The zero-order valence-corrected chi connectivity index (χ0v) is 12.2. The molecule has 1 aromatic heterocycles. The number of aromatic nitrogens is 2. The van der Waals surface area contributed by atoms with E-state index in [1.54, 1.807) is 7.11 Å².